The zero-order valence-electron chi connectivity index (χ0n) is 24.0. The summed E-state index contributed by atoms with van der Waals surface area (Å²) < 4.78 is 14.1. The Bertz CT molecular complexity index is 1530. The summed E-state index contributed by atoms with van der Waals surface area (Å²) in [5.41, 5.74) is 4.03. The van der Waals surface area contributed by atoms with Gasteiger partial charge < -0.3 is 14.2 Å². The number of nitro groups is 2. The highest BCUT2D eigenvalue weighted by Gasteiger charge is 2.05. The van der Waals surface area contributed by atoms with Crippen molar-refractivity contribution in [3.8, 4) is 5.75 Å². The summed E-state index contributed by atoms with van der Waals surface area (Å²) in [5, 5.41) is 20.7. The van der Waals surface area contributed by atoms with E-state index >= 15 is 0 Å². The number of ether oxygens (including phenoxy) is 3. The Kier molecular flexibility index (Phi) is 13.3. The number of carbonyl (C=O) groups is 2. The molecule has 0 aliphatic heterocycles. The van der Waals surface area contributed by atoms with Crippen LogP contribution in [-0.2, 0) is 9.47 Å². The molecule has 0 aliphatic rings. The molecule has 0 spiro atoms. The molecule has 0 N–H and O–H groups in total. The molecule has 0 aromatic heterocycles. The number of rotatable bonds is 7. The predicted molar refractivity (Wildman–Crippen MR) is 162 cm³/mol. The number of methoxy groups -OCH3 is 3. The fraction of sp³-hybridized carbons (Fsp3) is 0.125. The average molecular weight is 587 g/mol. The van der Waals surface area contributed by atoms with Gasteiger partial charge in [0.05, 0.1) is 42.3 Å². The molecule has 0 saturated carbocycles. The Hall–Kier alpha value is -5.84. The molecule has 0 aliphatic carbocycles. The molecule has 4 aromatic rings. The Morgan fingerprint density at radius 3 is 1.28 bits per heavy atom. The second kappa shape index (κ2) is 17.1. The van der Waals surface area contributed by atoms with E-state index in [0.29, 0.717) is 11.1 Å². The molecular weight excluding hydrogens is 556 g/mol. The summed E-state index contributed by atoms with van der Waals surface area (Å²) in [6, 6.07) is 26.4. The Morgan fingerprint density at radius 1 is 0.581 bits per heavy atom. The van der Waals surface area contributed by atoms with Gasteiger partial charge in [-0.3, -0.25) is 20.2 Å². The summed E-state index contributed by atoms with van der Waals surface area (Å²) in [7, 11) is 4.27. The third-order valence-corrected chi connectivity index (χ3v) is 5.66. The molecule has 0 saturated heterocycles. The zero-order valence-corrected chi connectivity index (χ0v) is 24.0. The number of esters is 2. The third kappa shape index (κ3) is 11.3. The fourth-order valence-electron chi connectivity index (χ4n) is 3.26. The first-order valence-electron chi connectivity index (χ1n) is 12.6. The quantitative estimate of drug-likeness (QED) is 0.0971. The third-order valence-electron chi connectivity index (χ3n) is 5.66. The highest BCUT2D eigenvalue weighted by atomic mass is 16.6. The molecule has 11 heteroatoms. The van der Waals surface area contributed by atoms with E-state index in [0.717, 1.165) is 22.4 Å². The van der Waals surface area contributed by atoms with Crippen molar-refractivity contribution < 1.29 is 33.6 Å². The Morgan fingerprint density at radius 2 is 0.930 bits per heavy atom. The van der Waals surface area contributed by atoms with E-state index in [1.54, 1.807) is 79.9 Å². The summed E-state index contributed by atoms with van der Waals surface area (Å²) in [5.74, 6) is 0.0150. The fourth-order valence-corrected chi connectivity index (χ4v) is 3.26. The van der Waals surface area contributed by atoms with E-state index in [-0.39, 0.29) is 23.3 Å². The minimum atomic E-state index is -0.432. The van der Waals surface area contributed by atoms with Crippen LogP contribution in [0.5, 0.6) is 5.75 Å². The molecule has 11 nitrogen and oxygen atoms in total. The zero-order chi connectivity index (χ0) is 31.8. The molecule has 4 aromatic carbocycles. The number of hydrogen-bond acceptors (Lipinski definition) is 9. The summed E-state index contributed by atoms with van der Waals surface area (Å²) in [6.07, 6.45) is 3.71. The minimum Gasteiger partial charge on any atom is -0.497 e. The largest absolute Gasteiger partial charge is 0.497 e. The van der Waals surface area contributed by atoms with Crippen molar-refractivity contribution in [3.63, 3.8) is 0 Å². The van der Waals surface area contributed by atoms with Gasteiger partial charge >= 0.3 is 11.9 Å². The van der Waals surface area contributed by atoms with Gasteiger partial charge in [0.25, 0.3) is 11.4 Å². The van der Waals surface area contributed by atoms with Gasteiger partial charge in [-0.15, -0.1) is 0 Å². The molecule has 222 valence electrons. The van der Waals surface area contributed by atoms with Crippen molar-refractivity contribution >= 4 is 35.5 Å². The van der Waals surface area contributed by atoms with Crippen LogP contribution in [0.2, 0.25) is 0 Å². The van der Waals surface area contributed by atoms with Crippen molar-refractivity contribution in [2.45, 2.75) is 6.92 Å². The van der Waals surface area contributed by atoms with Crippen LogP contribution >= 0.6 is 0 Å². The number of hydrogen-bond donors (Lipinski definition) is 0. The molecule has 0 heterocycles. The van der Waals surface area contributed by atoms with E-state index in [4.69, 9.17) is 4.74 Å². The lowest BCUT2D eigenvalue weighted by molar-refractivity contribution is -0.385. The summed E-state index contributed by atoms with van der Waals surface area (Å²) in [4.78, 5) is 42.1. The van der Waals surface area contributed by atoms with Gasteiger partial charge in [0.15, 0.2) is 0 Å². The van der Waals surface area contributed by atoms with Gasteiger partial charge in [0.2, 0.25) is 0 Å². The second-order valence-electron chi connectivity index (χ2n) is 8.61. The molecule has 0 unspecified atom stereocenters. The number of nitro benzene ring substituents is 2. The van der Waals surface area contributed by atoms with Crippen LogP contribution in [0.25, 0.3) is 12.2 Å². The molecule has 0 atom stereocenters. The van der Waals surface area contributed by atoms with Crippen LogP contribution in [-0.4, -0.2) is 43.1 Å². The van der Waals surface area contributed by atoms with Crippen LogP contribution in [0, 0.1) is 27.2 Å². The first-order chi connectivity index (χ1) is 20.6. The van der Waals surface area contributed by atoms with Gasteiger partial charge in [0, 0.05) is 24.3 Å². The first kappa shape index (κ1) is 33.4. The van der Waals surface area contributed by atoms with E-state index in [1.807, 2.05) is 19.1 Å². The molecule has 4 rings (SSSR count). The van der Waals surface area contributed by atoms with Crippen LogP contribution in [0.3, 0.4) is 0 Å². The van der Waals surface area contributed by atoms with Crippen LogP contribution in [0.1, 0.15) is 37.4 Å². The topological polar surface area (TPSA) is 148 Å². The van der Waals surface area contributed by atoms with Crippen molar-refractivity contribution in [2.75, 3.05) is 21.3 Å². The van der Waals surface area contributed by atoms with E-state index in [2.05, 4.69) is 9.47 Å². The smallest absolute Gasteiger partial charge is 0.337 e. The maximum absolute atomic E-state index is 11.3. The highest BCUT2D eigenvalue weighted by molar-refractivity contribution is 5.90. The van der Waals surface area contributed by atoms with E-state index < -0.39 is 9.85 Å². The SMILES string of the molecule is COC(=O)c1ccc(/C=C/c2ccc([N+](=O)[O-])cc2)cc1.COC(=O)c1ccc(OC)cc1.Cc1ccc([N+](=O)[O-])cc1. The van der Waals surface area contributed by atoms with Gasteiger partial charge in [0.1, 0.15) is 5.75 Å². The lowest BCUT2D eigenvalue weighted by atomic mass is 10.1. The maximum atomic E-state index is 11.3. The Labute approximate surface area is 248 Å². The molecule has 43 heavy (non-hydrogen) atoms. The van der Waals surface area contributed by atoms with Gasteiger partial charge in [-0.2, -0.15) is 0 Å². The number of carbonyl (C=O) groups excluding carboxylic acids is 2. The van der Waals surface area contributed by atoms with Gasteiger partial charge in [-0.1, -0.05) is 42.0 Å². The summed E-state index contributed by atoms with van der Waals surface area (Å²) >= 11 is 0. The monoisotopic (exact) mass is 586 g/mol. The van der Waals surface area contributed by atoms with E-state index in [9.17, 15) is 29.8 Å². The molecule has 0 radical (unpaired) electrons. The maximum Gasteiger partial charge on any atom is 0.337 e. The number of non-ortho nitro benzene ring substituents is 2. The van der Waals surface area contributed by atoms with Gasteiger partial charge in [-0.25, -0.2) is 9.59 Å². The molecular formula is C32H30N2O9. The van der Waals surface area contributed by atoms with Crippen LogP contribution in [0.15, 0.2) is 97.1 Å². The lowest BCUT2D eigenvalue weighted by Gasteiger charge is -2.00. The van der Waals surface area contributed by atoms with Crippen molar-refractivity contribution in [1.82, 2.24) is 0 Å². The Balaban J connectivity index is 0.000000248. The van der Waals surface area contributed by atoms with Gasteiger partial charge in [-0.05, 0) is 66.6 Å². The predicted octanol–water partition coefficient (Wildman–Crippen LogP) is 6.94. The normalized spacial score (nSPS) is 9.86. The standard InChI is InChI=1S/C16H13NO4.C9H10O3.C7H7NO2/c1-21-16(18)14-8-4-12(5-9-14)2-3-13-6-10-15(11-7-13)17(19)20;1-11-8-5-3-7(4-6-8)9(10)12-2;1-6-2-4-7(5-3-6)8(9)10/h2-11H,1H3;3-6H,1-2H3;2-5H,1H3/b3-2+;;. The highest BCUT2D eigenvalue weighted by Crippen LogP contribution is 2.15. The average Bonchev–Trinajstić information content (AvgIpc) is 3.04. The second-order valence-corrected chi connectivity index (χ2v) is 8.61. The molecule has 0 bridgehead atoms. The van der Waals surface area contributed by atoms with Crippen LogP contribution in [0.4, 0.5) is 11.4 Å². The number of nitrogens with zero attached hydrogens (tertiary/aromatic N) is 2. The lowest BCUT2D eigenvalue weighted by Crippen LogP contribution is -2.00. The molecule has 0 fully saturated rings. The number of aryl methyl sites for hydroxylation is 1. The first-order valence-corrected chi connectivity index (χ1v) is 12.6. The van der Waals surface area contributed by atoms with Crippen molar-refractivity contribution in [2.24, 2.45) is 0 Å². The van der Waals surface area contributed by atoms with Crippen molar-refractivity contribution in [3.05, 3.63) is 145 Å². The summed E-state index contributed by atoms with van der Waals surface area (Å²) in [6.45, 7) is 1.89. The minimum absolute atomic E-state index is 0.0644. The molecule has 0 amide bonds. The van der Waals surface area contributed by atoms with E-state index in [1.165, 1.54) is 38.5 Å². The van der Waals surface area contributed by atoms with Crippen molar-refractivity contribution in [1.29, 1.82) is 0 Å². The van der Waals surface area contributed by atoms with Crippen LogP contribution < -0.4 is 4.74 Å². The number of benzene rings is 4.